The summed E-state index contributed by atoms with van der Waals surface area (Å²) in [5, 5.41) is 17.5. The molecule has 0 spiro atoms. The second-order valence-electron chi connectivity index (χ2n) is 7.61. The van der Waals surface area contributed by atoms with Crippen molar-refractivity contribution in [3.63, 3.8) is 0 Å². The second kappa shape index (κ2) is 13.5. The first kappa shape index (κ1) is 28.5. The van der Waals surface area contributed by atoms with Crippen LogP contribution >= 0.6 is 34.8 Å². The lowest BCUT2D eigenvalue weighted by Crippen LogP contribution is -2.30. The molecule has 194 valence electrons. The van der Waals surface area contributed by atoms with Crippen molar-refractivity contribution < 1.29 is 14.4 Å². The fourth-order valence-electron chi connectivity index (χ4n) is 3.21. The van der Waals surface area contributed by atoms with Crippen LogP contribution < -0.4 is 15.0 Å². The van der Waals surface area contributed by atoms with Gasteiger partial charge in [0.1, 0.15) is 5.71 Å². The Morgan fingerprint density at radius 3 is 1.18 bits per heavy atom. The Labute approximate surface area is 234 Å². The highest BCUT2D eigenvalue weighted by atomic mass is 35.5. The van der Waals surface area contributed by atoms with E-state index in [4.69, 9.17) is 34.8 Å². The first-order valence-electron chi connectivity index (χ1n) is 11.0. The predicted molar refractivity (Wildman–Crippen MR) is 154 cm³/mol. The van der Waals surface area contributed by atoms with Gasteiger partial charge in [-0.1, -0.05) is 53.0 Å². The van der Waals surface area contributed by atoms with Crippen LogP contribution in [0.15, 0.2) is 88.1 Å². The molecule has 0 saturated carbocycles. The number of anilines is 3. The summed E-state index contributed by atoms with van der Waals surface area (Å²) in [6.45, 7) is 3.15. The van der Waals surface area contributed by atoms with Crippen LogP contribution in [0.2, 0.25) is 15.1 Å². The number of rotatable bonds is 11. The van der Waals surface area contributed by atoms with Crippen LogP contribution in [0.3, 0.4) is 0 Å². The summed E-state index contributed by atoms with van der Waals surface area (Å²) in [7, 11) is 0. The molecule has 0 radical (unpaired) electrons. The fourth-order valence-corrected chi connectivity index (χ4v) is 3.77. The van der Waals surface area contributed by atoms with E-state index in [0.29, 0.717) is 51.4 Å². The fraction of sp³-hybridized carbons (Fsp3) is 0.0769. The lowest BCUT2D eigenvalue weighted by Gasteiger charge is -2.18. The second-order valence-corrected chi connectivity index (χ2v) is 8.92. The topological polar surface area (TPSA) is 98.0 Å². The molecule has 0 aromatic heterocycles. The van der Waals surface area contributed by atoms with Gasteiger partial charge >= 0.3 is 0 Å². The third-order valence-electron chi connectivity index (χ3n) is 4.93. The van der Waals surface area contributed by atoms with Crippen molar-refractivity contribution >= 4 is 88.2 Å². The normalized spacial score (nSPS) is 11.4. The number of nitrogens with zero attached hydrogens (tertiary/aromatic N) is 6. The van der Waals surface area contributed by atoms with E-state index in [0.717, 1.165) is 15.0 Å². The lowest BCUT2D eigenvalue weighted by atomic mass is 10.2. The molecule has 0 saturated heterocycles. The van der Waals surface area contributed by atoms with Crippen molar-refractivity contribution in [3.8, 4) is 0 Å². The number of hydrazone groups is 3. The molecule has 0 aliphatic rings. The quantitative estimate of drug-likeness (QED) is 0.159. The summed E-state index contributed by atoms with van der Waals surface area (Å²) in [6, 6.07) is 19.5. The Hall–Kier alpha value is -4.05. The van der Waals surface area contributed by atoms with Crippen LogP contribution in [-0.4, -0.2) is 36.4 Å². The zero-order chi connectivity index (χ0) is 27.7. The molecule has 9 nitrogen and oxygen atoms in total. The van der Waals surface area contributed by atoms with Crippen molar-refractivity contribution in [3.05, 3.63) is 87.9 Å². The highest BCUT2D eigenvalue weighted by molar-refractivity contribution is 6.68. The lowest BCUT2D eigenvalue weighted by molar-refractivity contribution is -0.108. The van der Waals surface area contributed by atoms with Gasteiger partial charge in [0, 0.05) is 15.1 Å². The van der Waals surface area contributed by atoms with E-state index in [1.54, 1.807) is 86.6 Å². The maximum absolute atomic E-state index is 12.0. The largest absolute Gasteiger partial charge is 0.276 e. The molecule has 3 aromatic carbocycles. The van der Waals surface area contributed by atoms with Gasteiger partial charge < -0.3 is 0 Å². The molecule has 0 aliphatic heterocycles. The summed E-state index contributed by atoms with van der Waals surface area (Å²) >= 11 is 18.2. The number of benzene rings is 3. The number of hydrogen-bond donors (Lipinski definition) is 0. The number of amides is 3. The highest BCUT2D eigenvalue weighted by Gasteiger charge is 2.17. The number of halogens is 3. The van der Waals surface area contributed by atoms with Crippen LogP contribution in [0.25, 0.3) is 0 Å². The molecule has 3 aromatic rings. The predicted octanol–water partition coefficient (Wildman–Crippen LogP) is 6.04. The molecule has 0 N–H and O–H groups in total. The summed E-state index contributed by atoms with van der Waals surface area (Å²) in [5.74, 6) is 0. The van der Waals surface area contributed by atoms with Crippen molar-refractivity contribution in [1.29, 1.82) is 0 Å². The van der Waals surface area contributed by atoms with Crippen LogP contribution in [0, 0.1) is 0 Å². The van der Waals surface area contributed by atoms with Gasteiger partial charge in [-0.25, -0.2) is 15.0 Å². The van der Waals surface area contributed by atoms with Crippen LogP contribution in [0.1, 0.15) is 13.8 Å². The summed E-state index contributed by atoms with van der Waals surface area (Å²) < 4.78 is 0. The molecule has 12 heteroatoms. The van der Waals surface area contributed by atoms with Crippen molar-refractivity contribution in [2.75, 3.05) is 15.0 Å². The number of carbonyl (C=O) groups is 3. The van der Waals surface area contributed by atoms with Gasteiger partial charge in [-0.3, -0.25) is 14.4 Å². The van der Waals surface area contributed by atoms with Gasteiger partial charge in [0.05, 0.1) is 28.5 Å². The highest BCUT2D eigenvalue weighted by Crippen LogP contribution is 2.22. The molecule has 0 unspecified atom stereocenters. The van der Waals surface area contributed by atoms with Gasteiger partial charge in [-0.2, -0.15) is 15.3 Å². The maximum Gasteiger partial charge on any atom is 0.234 e. The SMILES string of the molecule is CC(=NN(C=O)c1cccc(Cl)c1)C(=NN(C=O)c1cccc(Cl)c1)C(C)=NN(C=O)c1cccc(Cl)c1. The van der Waals surface area contributed by atoms with E-state index < -0.39 is 0 Å². The molecule has 38 heavy (non-hydrogen) atoms. The average Bonchev–Trinajstić information content (AvgIpc) is 2.90. The Morgan fingerprint density at radius 2 is 0.895 bits per heavy atom. The minimum atomic E-state index is 0.0971. The minimum absolute atomic E-state index is 0.0971. The summed E-state index contributed by atoms with van der Waals surface area (Å²) in [5.41, 5.74) is 1.66. The molecular formula is C26H21Cl3N6O3. The van der Waals surface area contributed by atoms with Crippen molar-refractivity contribution in [2.45, 2.75) is 13.8 Å². The van der Waals surface area contributed by atoms with E-state index in [1.165, 1.54) is 0 Å². The number of hydrogen-bond acceptors (Lipinski definition) is 6. The Morgan fingerprint density at radius 1 is 0.579 bits per heavy atom. The van der Waals surface area contributed by atoms with Gasteiger partial charge in [0.15, 0.2) is 0 Å². The van der Waals surface area contributed by atoms with E-state index in [2.05, 4.69) is 15.3 Å². The Bertz CT molecular complexity index is 1350. The van der Waals surface area contributed by atoms with E-state index in [1.807, 2.05) is 0 Å². The van der Waals surface area contributed by atoms with Gasteiger partial charge in [-0.15, -0.1) is 0 Å². The van der Waals surface area contributed by atoms with Crippen molar-refractivity contribution in [1.82, 2.24) is 0 Å². The maximum atomic E-state index is 12.0. The smallest absolute Gasteiger partial charge is 0.234 e. The summed E-state index contributed by atoms with van der Waals surface area (Å²) in [4.78, 5) is 35.8. The molecule has 0 atom stereocenters. The molecule has 0 fully saturated rings. The Balaban J connectivity index is 2.14. The summed E-state index contributed by atoms with van der Waals surface area (Å²) in [6.07, 6.45) is 1.48. The van der Waals surface area contributed by atoms with E-state index in [-0.39, 0.29) is 17.1 Å². The average molecular weight is 572 g/mol. The van der Waals surface area contributed by atoms with E-state index in [9.17, 15) is 14.4 Å². The first-order valence-corrected chi connectivity index (χ1v) is 12.1. The zero-order valence-electron chi connectivity index (χ0n) is 20.2. The molecule has 0 bridgehead atoms. The van der Waals surface area contributed by atoms with Crippen LogP contribution in [0.5, 0.6) is 0 Å². The van der Waals surface area contributed by atoms with Crippen LogP contribution in [0.4, 0.5) is 17.1 Å². The molecule has 3 amide bonds. The van der Waals surface area contributed by atoms with Crippen LogP contribution in [-0.2, 0) is 14.4 Å². The zero-order valence-corrected chi connectivity index (χ0v) is 22.5. The standard InChI is InChI=1S/C26H21Cl3N6O3/c1-18(30-33(15-36)23-9-3-6-20(27)12-23)26(32-35(17-38)25-11-5-8-22(29)14-25)19(2)31-34(16-37)24-10-4-7-21(28)13-24/h3-17H,1-2H3. The molecular weight excluding hydrogens is 551 g/mol. The third kappa shape index (κ3) is 7.48. The number of carbonyl (C=O) groups excluding carboxylic acids is 3. The molecule has 0 heterocycles. The Kier molecular flexibility index (Phi) is 10.1. The van der Waals surface area contributed by atoms with Gasteiger partial charge in [0.25, 0.3) is 0 Å². The van der Waals surface area contributed by atoms with Gasteiger partial charge in [-0.05, 0) is 68.4 Å². The molecule has 0 aliphatic carbocycles. The third-order valence-corrected chi connectivity index (χ3v) is 5.63. The van der Waals surface area contributed by atoms with E-state index >= 15 is 0 Å². The van der Waals surface area contributed by atoms with Crippen molar-refractivity contribution in [2.24, 2.45) is 15.3 Å². The minimum Gasteiger partial charge on any atom is -0.276 e. The first-order chi connectivity index (χ1) is 18.2. The molecule has 3 rings (SSSR count). The monoisotopic (exact) mass is 570 g/mol. The van der Waals surface area contributed by atoms with Gasteiger partial charge in [0.2, 0.25) is 19.2 Å².